The number of halogens is 2. The van der Waals surface area contributed by atoms with Gasteiger partial charge in [0.15, 0.2) is 0 Å². The number of piperidine rings is 1. The lowest BCUT2D eigenvalue weighted by atomic mass is 9.98. The Morgan fingerprint density at radius 1 is 0.971 bits per heavy atom. The van der Waals surface area contributed by atoms with Gasteiger partial charge in [0.25, 0.3) is 5.91 Å². The van der Waals surface area contributed by atoms with Crippen LogP contribution in [0.5, 0.6) is 17.2 Å². The monoisotopic (exact) mass is 481 g/mol. The molecule has 0 aliphatic carbocycles. The van der Waals surface area contributed by atoms with Gasteiger partial charge in [0.1, 0.15) is 28.9 Å². The Morgan fingerprint density at radius 2 is 1.77 bits per heavy atom. The summed E-state index contributed by atoms with van der Waals surface area (Å²) in [5.41, 5.74) is 2.67. The molecule has 8 heteroatoms. The van der Waals surface area contributed by atoms with Gasteiger partial charge in [-0.05, 0) is 42.0 Å². The molecule has 0 radical (unpaired) electrons. The number of likely N-dealkylation sites (tertiary alicyclic amines) is 1. The largest absolute Gasteiger partial charge is 0.497 e. The summed E-state index contributed by atoms with van der Waals surface area (Å²) in [5.74, 6) is -0.739. The van der Waals surface area contributed by atoms with Crippen LogP contribution >= 0.6 is 0 Å². The average Bonchev–Trinajstić information content (AvgIpc) is 2.88. The van der Waals surface area contributed by atoms with E-state index >= 15 is 0 Å². The van der Waals surface area contributed by atoms with E-state index in [1.807, 2.05) is 36.4 Å². The number of hydrogen-bond acceptors (Lipinski definition) is 5. The van der Waals surface area contributed by atoms with Crippen LogP contribution in [0.1, 0.15) is 28.8 Å². The van der Waals surface area contributed by atoms with E-state index in [0.29, 0.717) is 44.0 Å². The normalized spacial score (nSPS) is 16.4. The summed E-state index contributed by atoms with van der Waals surface area (Å²) >= 11 is 0. The highest BCUT2D eigenvalue weighted by molar-refractivity contribution is 5.94. The molecule has 2 aliphatic rings. The fourth-order valence-corrected chi connectivity index (χ4v) is 4.57. The first kappa shape index (κ1) is 23.1. The summed E-state index contributed by atoms with van der Waals surface area (Å²) in [4.78, 5) is 14.3. The first-order chi connectivity index (χ1) is 16.9. The first-order valence-corrected chi connectivity index (χ1v) is 11.3. The van der Waals surface area contributed by atoms with E-state index in [0.717, 1.165) is 34.6 Å². The second-order valence-electron chi connectivity index (χ2n) is 8.61. The molecule has 2 aliphatic heterocycles. The van der Waals surface area contributed by atoms with Crippen molar-refractivity contribution in [2.45, 2.75) is 25.2 Å². The molecule has 0 unspecified atom stereocenters. The van der Waals surface area contributed by atoms with Gasteiger partial charge in [0, 0.05) is 49.2 Å². The predicted molar refractivity (Wildman–Crippen MR) is 125 cm³/mol. The Balaban J connectivity index is 1.29. The third kappa shape index (κ3) is 4.41. The molecule has 5 rings (SSSR count). The fraction of sp³-hybridized carbons (Fsp3) is 0.296. The lowest BCUT2D eigenvalue weighted by molar-refractivity contribution is -0.225. The minimum atomic E-state index is -0.862. The predicted octanol–water partition coefficient (Wildman–Crippen LogP) is 5.19. The van der Waals surface area contributed by atoms with Gasteiger partial charge in [0.2, 0.25) is 5.79 Å². The van der Waals surface area contributed by atoms with Crippen molar-refractivity contribution in [3.05, 3.63) is 77.4 Å². The highest BCUT2D eigenvalue weighted by Gasteiger charge is 2.42. The molecule has 3 aromatic carbocycles. The molecule has 0 atom stereocenters. The molecule has 1 fully saturated rings. The quantitative estimate of drug-likeness (QED) is 0.513. The van der Waals surface area contributed by atoms with Gasteiger partial charge in [-0.3, -0.25) is 4.79 Å². The van der Waals surface area contributed by atoms with E-state index in [1.165, 1.54) is 6.07 Å². The Hall–Kier alpha value is -3.65. The molecule has 0 aromatic heterocycles. The van der Waals surface area contributed by atoms with Crippen molar-refractivity contribution in [2.75, 3.05) is 27.3 Å². The van der Waals surface area contributed by atoms with Crippen molar-refractivity contribution in [1.82, 2.24) is 4.90 Å². The summed E-state index contributed by atoms with van der Waals surface area (Å²) in [5, 5.41) is 0. The van der Waals surface area contributed by atoms with Gasteiger partial charge < -0.3 is 23.8 Å². The number of nitrogens with zero attached hydrogens (tertiary/aromatic N) is 1. The van der Waals surface area contributed by atoms with Gasteiger partial charge in [-0.1, -0.05) is 6.07 Å². The van der Waals surface area contributed by atoms with Crippen molar-refractivity contribution < 1.29 is 32.5 Å². The van der Waals surface area contributed by atoms with Crippen LogP contribution < -0.4 is 14.2 Å². The zero-order chi connectivity index (χ0) is 24.6. The average molecular weight is 481 g/mol. The van der Waals surface area contributed by atoms with Gasteiger partial charge in [0.05, 0.1) is 26.4 Å². The summed E-state index contributed by atoms with van der Waals surface area (Å²) in [6, 6.07) is 14.6. The summed E-state index contributed by atoms with van der Waals surface area (Å²) in [6.45, 7) is 1.04. The number of carbonyl (C=O) groups is 1. The van der Waals surface area contributed by atoms with E-state index < -0.39 is 23.3 Å². The topological polar surface area (TPSA) is 57.2 Å². The maximum absolute atomic E-state index is 14.1. The molecule has 2 heterocycles. The van der Waals surface area contributed by atoms with E-state index in [2.05, 4.69) is 0 Å². The van der Waals surface area contributed by atoms with Crippen LogP contribution in [-0.4, -0.2) is 43.9 Å². The lowest BCUT2D eigenvalue weighted by Gasteiger charge is -2.44. The molecule has 35 heavy (non-hydrogen) atoms. The van der Waals surface area contributed by atoms with Crippen molar-refractivity contribution in [2.24, 2.45) is 0 Å². The molecule has 6 nitrogen and oxygen atoms in total. The third-order valence-corrected chi connectivity index (χ3v) is 6.54. The summed E-state index contributed by atoms with van der Waals surface area (Å²) in [7, 11) is 3.23. The molecule has 0 bridgehead atoms. The van der Waals surface area contributed by atoms with Gasteiger partial charge >= 0.3 is 0 Å². The number of amides is 1. The number of fused-ring (bicyclic) bond motifs is 1. The second kappa shape index (κ2) is 9.19. The van der Waals surface area contributed by atoms with Crippen molar-refractivity contribution in [3.63, 3.8) is 0 Å². The Kier molecular flexibility index (Phi) is 6.06. The Morgan fingerprint density at radius 3 is 2.49 bits per heavy atom. The molecule has 3 aromatic rings. The minimum absolute atomic E-state index is 0.139. The molecule has 1 amide bonds. The minimum Gasteiger partial charge on any atom is -0.497 e. The van der Waals surface area contributed by atoms with Gasteiger partial charge in [-0.25, -0.2) is 8.78 Å². The summed E-state index contributed by atoms with van der Waals surface area (Å²) in [6.07, 6.45) is 0.879. The van der Waals surface area contributed by atoms with Gasteiger partial charge in [-0.2, -0.15) is 0 Å². The zero-order valence-corrected chi connectivity index (χ0v) is 19.5. The first-order valence-electron chi connectivity index (χ1n) is 11.3. The number of benzene rings is 3. The maximum Gasteiger partial charge on any atom is 0.256 e. The number of methoxy groups -OCH3 is 2. The highest BCUT2D eigenvalue weighted by Crippen LogP contribution is 2.41. The Labute approximate surface area is 202 Å². The maximum atomic E-state index is 14.1. The van der Waals surface area contributed by atoms with Crippen LogP contribution in [0, 0.1) is 11.6 Å². The van der Waals surface area contributed by atoms with E-state index in [1.54, 1.807) is 19.1 Å². The van der Waals surface area contributed by atoms with Crippen LogP contribution in [0.3, 0.4) is 0 Å². The molecule has 0 saturated carbocycles. The van der Waals surface area contributed by atoms with Crippen LogP contribution in [0.4, 0.5) is 8.78 Å². The lowest BCUT2D eigenvalue weighted by Crippen LogP contribution is -2.52. The molecular formula is C27H25F2NO5. The van der Waals surface area contributed by atoms with Crippen LogP contribution in [0.15, 0.2) is 54.6 Å². The molecule has 1 spiro atoms. The molecule has 182 valence electrons. The second-order valence-corrected chi connectivity index (χ2v) is 8.61. The van der Waals surface area contributed by atoms with Crippen LogP contribution in [0.25, 0.3) is 11.1 Å². The number of hydrogen-bond donors (Lipinski definition) is 0. The van der Waals surface area contributed by atoms with Crippen LogP contribution in [-0.2, 0) is 11.3 Å². The van der Waals surface area contributed by atoms with E-state index in [4.69, 9.17) is 18.9 Å². The van der Waals surface area contributed by atoms with Crippen molar-refractivity contribution in [1.29, 1.82) is 0 Å². The van der Waals surface area contributed by atoms with Crippen LogP contribution in [0.2, 0.25) is 0 Å². The third-order valence-electron chi connectivity index (χ3n) is 6.54. The van der Waals surface area contributed by atoms with Crippen molar-refractivity contribution in [3.8, 4) is 28.4 Å². The van der Waals surface area contributed by atoms with E-state index in [-0.39, 0.29) is 5.56 Å². The fourth-order valence-electron chi connectivity index (χ4n) is 4.57. The van der Waals surface area contributed by atoms with Gasteiger partial charge in [-0.15, -0.1) is 0 Å². The molecule has 0 N–H and O–H groups in total. The standard InChI is InChI=1S/C27H25F2NO5/c1-32-20-5-7-21(25(15-20)33-2)17-3-8-24-18(13-17)16-34-27(35-24)9-11-30(12-10-27)26(31)22-6-4-19(28)14-23(22)29/h3-8,13-15H,9-12,16H2,1-2H3. The molecule has 1 saturated heterocycles. The number of rotatable bonds is 4. The Bertz CT molecular complexity index is 1270. The SMILES string of the molecule is COc1ccc(-c2ccc3c(c2)COC2(CCN(C(=O)c4ccc(F)cc4F)CC2)O3)c(OC)c1. The highest BCUT2D eigenvalue weighted by atomic mass is 19.1. The summed E-state index contributed by atoms with van der Waals surface area (Å²) < 4.78 is 50.5. The smallest absolute Gasteiger partial charge is 0.256 e. The van der Waals surface area contributed by atoms with Crippen molar-refractivity contribution >= 4 is 5.91 Å². The van der Waals surface area contributed by atoms with E-state index in [9.17, 15) is 13.6 Å². The zero-order valence-electron chi connectivity index (χ0n) is 19.5. The number of carbonyl (C=O) groups excluding carboxylic acids is 1. The number of ether oxygens (including phenoxy) is 4. The molecular weight excluding hydrogens is 456 g/mol.